The SMILES string of the molecule is Cn1c(C(O)C(=O)O)cc2ccc(Cl)cc21. The molecule has 0 saturated carbocycles. The van der Waals surface area contributed by atoms with Gasteiger partial charge in [-0.15, -0.1) is 0 Å². The molecule has 0 saturated heterocycles. The molecule has 0 aliphatic heterocycles. The number of aromatic nitrogens is 1. The molecule has 2 aromatic rings. The van der Waals surface area contributed by atoms with Crippen LogP contribution in [0.4, 0.5) is 0 Å². The number of fused-ring (bicyclic) bond motifs is 1. The topological polar surface area (TPSA) is 62.5 Å². The van der Waals surface area contributed by atoms with Gasteiger partial charge in [-0.1, -0.05) is 17.7 Å². The van der Waals surface area contributed by atoms with Gasteiger partial charge in [-0.25, -0.2) is 4.79 Å². The lowest BCUT2D eigenvalue weighted by atomic mass is 10.2. The van der Waals surface area contributed by atoms with E-state index in [2.05, 4.69) is 0 Å². The van der Waals surface area contributed by atoms with Crippen molar-refractivity contribution in [2.24, 2.45) is 7.05 Å². The van der Waals surface area contributed by atoms with E-state index in [4.69, 9.17) is 16.7 Å². The van der Waals surface area contributed by atoms with Gasteiger partial charge in [-0.3, -0.25) is 0 Å². The molecular formula is C11H10ClNO3. The molecule has 0 bridgehead atoms. The van der Waals surface area contributed by atoms with Crippen LogP contribution in [0.3, 0.4) is 0 Å². The molecule has 1 aromatic heterocycles. The van der Waals surface area contributed by atoms with Crippen molar-refractivity contribution in [3.63, 3.8) is 0 Å². The van der Waals surface area contributed by atoms with Crippen molar-refractivity contribution < 1.29 is 15.0 Å². The fraction of sp³-hybridized carbons (Fsp3) is 0.182. The quantitative estimate of drug-likeness (QED) is 0.842. The molecule has 84 valence electrons. The molecule has 1 heterocycles. The summed E-state index contributed by atoms with van der Waals surface area (Å²) in [7, 11) is 1.69. The molecule has 0 fully saturated rings. The standard InChI is InChI=1S/C11H10ClNO3/c1-13-8-5-7(12)3-2-6(8)4-9(13)10(14)11(15)16/h2-5,10,14H,1H3,(H,15,16). The number of carbonyl (C=O) groups is 1. The van der Waals surface area contributed by atoms with Crippen LogP contribution < -0.4 is 0 Å². The van der Waals surface area contributed by atoms with Gasteiger partial charge in [0.15, 0.2) is 6.10 Å². The highest BCUT2D eigenvalue weighted by Crippen LogP contribution is 2.25. The first kappa shape index (κ1) is 11.0. The normalized spacial score (nSPS) is 12.9. The predicted molar refractivity (Wildman–Crippen MR) is 60.5 cm³/mol. The maximum Gasteiger partial charge on any atom is 0.338 e. The molecule has 1 unspecified atom stereocenters. The van der Waals surface area contributed by atoms with Crippen molar-refractivity contribution in [3.8, 4) is 0 Å². The maximum atomic E-state index is 10.7. The number of hydrogen-bond donors (Lipinski definition) is 2. The first-order valence-electron chi connectivity index (χ1n) is 4.66. The smallest absolute Gasteiger partial charge is 0.338 e. The van der Waals surface area contributed by atoms with Crippen LogP contribution in [0.5, 0.6) is 0 Å². The Kier molecular flexibility index (Phi) is 2.61. The summed E-state index contributed by atoms with van der Waals surface area (Å²) in [5.41, 5.74) is 1.13. The lowest BCUT2D eigenvalue weighted by Crippen LogP contribution is -2.13. The molecule has 5 heteroatoms. The molecule has 1 atom stereocenters. The second kappa shape index (κ2) is 3.81. The fourth-order valence-electron chi connectivity index (χ4n) is 1.71. The van der Waals surface area contributed by atoms with Crippen LogP contribution in [-0.4, -0.2) is 20.7 Å². The van der Waals surface area contributed by atoms with Crippen molar-refractivity contribution in [3.05, 3.63) is 35.0 Å². The molecule has 2 rings (SSSR count). The zero-order chi connectivity index (χ0) is 11.9. The van der Waals surface area contributed by atoms with E-state index in [0.717, 1.165) is 10.9 Å². The maximum absolute atomic E-state index is 10.7. The number of aliphatic hydroxyl groups excluding tert-OH is 1. The van der Waals surface area contributed by atoms with Crippen LogP contribution in [-0.2, 0) is 11.8 Å². The Morgan fingerprint density at radius 3 is 2.75 bits per heavy atom. The Labute approximate surface area is 96.7 Å². The number of rotatable bonds is 2. The summed E-state index contributed by atoms with van der Waals surface area (Å²) >= 11 is 5.85. The monoisotopic (exact) mass is 239 g/mol. The lowest BCUT2D eigenvalue weighted by molar-refractivity contribution is -0.147. The van der Waals surface area contributed by atoms with E-state index in [9.17, 15) is 9.90 Å². The Balaban J connectivity index is 2.64. The predicted octanol–water partition coefficient (Wildman–Crippen LogP) is 1.95. The Morgan fingerprint density at radius 1 is 1.44 bits per heavy atom. The van der Waals surface area contributed by atoms with E-state index in [-0.39, 0.29) is 0 Å². The summed E-state index contributed by atoms with van der Waals surface area (Å²) in [4.78, 5) is 10.7. The molecule has 16 heavy (non-hydrogen) atoms. The second-order valence-electron chi connectivity index (χ2n) is 3.57. The van der Waals surface area contributed by atoms with Gasteiger partial charge in [0, 0.05) is 23.0 Å². The lowest BCUT2D eigenvalue weighted by Gasteiger charge is -2.07. The van der Waals surface area contributed by atoms with Crippen LogP contribution in [0.1, 0.15) is 11.8 Å². The summed E-state index contributed by atoms with van der Waals surface area (Å²) < 4.78 is 1.62. The summed E-state index contributed by atoms with van der Waals surface area (Å²) in [5, 5.41) is 19.7. The molecule has 0 aliphatic rings. The zero-order valence-corrected chi connectivity index (χ0v) is 9.27. The van der Waals surface area contributed by atoms with Crippen LogP contribution in [0.15, 0.2) is 24.3 Å². The van der Waals surface area contributed by atoms with Gasteiger partial charge in [0.2, 0.25) is 0 Å². The summed E-state index contributed by atoms with van der Waals surface area (Å²) in [6.07, 6.45) is -1.52. The third kappa shape index (κ3) is 1.66. The molecule has 4 nitrogen and oxygen atoms in total. The highest BCUT2D eigenvalue weighted by atomic mass is 35.5. The van der Waals surface area contributed by atoms with Crippen LogP contribution in [0, 0.1) is 0 Å². The van der Waals surface area contributed by atoms with E-state index in [1.165, 1.54) is 0 Å². The highest BCUT2D eigenvalue weighted by molar-refractivity contribution is 6.31. The molecule has 0 amide bonds. The minimum Gasteiger partial charge on any atom is -0.479 e. The Bertz CT molecular complexity index is 562. The highest BCUT2D eigenvalue weighted by Gasteiger charge is 2.20. The number of aryl methyl sites for hydroxylation is 1. The Morgan fingerprint density at radius 2 is 2.12 bits per heavy atom. The molecule has 0 radical (unpaired) electrons. The number of benzene rings is 1. The fourth-order valence-corrected chi connectivity index (χ4v) is 1.88. The number of carboxylic acid groups (broad SMARTS) is 1. The number of nitrogens with zero attached hydrogens (tertiary/aromatic N) is 1. The van der Waals surface area contributed by atoms with Crippen molar-refractivity contribution in [2.75, 3.05) is 0 Å². The third-order valence-corrected chi connectivity index (χ3v) is 2.79. The van der Waals surface area contributed by atoms with E-state index in [0.29, 0.717) is 10.7 Å². The van der Waals surface area contributed by atoms with E-state index in [1.807, 2.05) is 0 Å². The average Bonchev–Trinajstić information content (AvgIpc) is 2.55. The van der Waals surface area contributed by atoms with Crippen molar-refractivity contribution >= 4 is 28.5 Å². The van der Waals surface area contributed by atoms with Crippen LogP contribution in [0.25, 0.3) is 10.9 Å². The number of halogens is 1. The van der Waals surface area contributed by atoms with Crippen LogP contribution >= 0.6 is 11.6 Å². The average molecular weight is 240 g/mol. The van der Waals surface area contributed by atoms with Gasteiger partial charge >= 0.3 is 5.97 Å². The Hall–Kier alpha value is -1.52. The number of carboxylic acids is 1. The first-order chi connectivity index (χ1) is 7.50. The third-order valence-electron chi connectivity index (χ3n) is 2.56. The van der Waals surface area contributed by atoms with Gasteiger partial charge < -0.3 is 14.8 Å². The van der Waals surface area contributed by atoms with E-state index < -0.39 is 12.1 Å². The second-order valence-corrected chi connectivity index (χ2v) is 4.01. The number of aliphatic hydroxyl groups is 1. The number of aliphatic carboxylic acids is 1. The molecule has 0 spiro atoms. The largest absolute Gasteiger partial charge is 0.479 e. The molecule has 1 aromatic carbocycles. The van der Waals surface area contributed by atoms with E-state index >= 15 is 0 Å². The minimum atomic E-state index is -1.52. The van der Waals surface area contributed by atoms with Crippen molar-refractivity contribution in [1.82, 2.24) is 4.57 Å². The summed E-state index contributed by atoms with van der Waals surface area (Å²) in [6, 6.07) is 6.88. The van der Waals surface area contributed by atoms with Crippen molar-refractivity contribution in [2.45, 2.75) is 6.10 Å². The van der Waals surface area contributed by atoms with Gasteiger partial charge in [0.25, 0.3) is 0 Å². The summed E-state index contributed by atoms with van der Waals surface area (Å²) in [5.74, 6) is -1.27. The van der Waals surface area contributed by atoms with Gasteiger partial charge in [0.05, 0.1) is 5.69 Å². The van der Waals surface area contributed by atoms with Gasteiger partial charge in [-0.2, -0.15) is 0 Å². The van der Waals surface area contributed by atoms with Crippen molar-refractivity contribution in [1.29, 1.82) is 0 Å². The zero-order valence-electron chi connectivity index (χ0n) is 8.51. The van der Waals surface area contributed by atoms with E-state index in [1.54, 1.807) is 35.9 Å². The molecule has 2 N–H and O–H groups in total. The number of hydrogen-bond acceptors (Lipinski definition) is 2. The molecule has 0 aliphatic carbocycles. The summed E-state index contributed by atoms with van der Waals surface area (Å²) in [6.45, 7) is 0. The first-order valence-corrected chi connectivity index (χ1v) is 5.04. The molecular weight excluding hydrogens is 230 g/mol. The minimum absolute atomic E-state index is 0.338. The van der Waals surface area contributed by atoms with Gasteiger partial charge in [-0.05, 0) is 18.2 Å². The van der Waals surface area contributed by atoms with Gasteiger partial charge in [0.1, 0.15) is 0 Å². The van der Waals surface area contributed by atoms with Crippen LogP contribution in [0.2, 0.25) is 5.02 Å².